The molecule has 4 N–H and O–H groups in total. The van der Waals surface area contributed by atoms with Gasteiger partial charge >= 0.3 is 5.97 Å². The lowest BCUT2D eigenvalue weighted by atomic mass is 9.91. The Morgan fingerprint density at radius 3 is 2.71 bits per heavy atom. The summed E-state index contributed by atoms with van der Waals surface area (Å²) in [4.78, 5) is 11.7. The van der Waals surface area contributed by atoms with Gasteiger partial charge in [0.05, 0.1) is 0 Å². The number of hydrogen-bond acceptors (Lipinski definition) is 6. The monoisotopic (exact) mass is 294 g/mol. The van der Waals surface area contributed by atoms with Gasteiger partial charge in [-0.1, -0.05) is 12.5 Å². The Labute approximate surface area is 121 Å². The van der Waals surface area contributed by atoms with Gasteiger partial charge in [0.2, 0.25) is 5.79 Å². The van der Waals surface area contributed by atoms with Gasteiger partial charge in [0.25, 0.3) is 0 Å². The highest BCUT2D eigenvalue weighted by molar-refractivity contribution is 5.87. The minimum atomic E-state index is -1.84. The number of aliphatic hydroxyl groups excluding tert-OH is 1. The van der Waals surface area contributed by atoms with Crippen LogP contribution in [-0.2, 0) is 9.53 Å². The van der Waals surface area contributed by atoms with Gasteiger partial charge in [-0.05, 0) is 36.6 Å². The topological polar surface area (TPSA) is 107 Å². The molecule has 0 radical (unpaired) electrons. The van der Waals surface area contributed by atoms with E-state index in [1.54, 1.807) is 0 Å². The van der Waals surface area contributed by atoms with Crippen LogP contribution in [0, 0.1) is 0 Å². The van der Waals surface area contributed by atoms with E-state index in [2.05, 4.69) is 0 Å². The van der Waals surface area contributed by atoms with Crippen molar-refractivity contribution in [1.82, 2.24) is 0 Å². The van der Waals surface area contributed by atoms with Gasteiger partial charge in [-0.3, -0.25) is 0 Å². The lowest BCUT2D eigenvalue weighted by Gasteiger charge is -2.35. The van der Waals surface area contributed by atoms with E-state index in [9.17, 15) is 25.2 Å². The Bertz CT molecular complexity index is 553. The van der Waals surface area contributed by atoms with Crippen molar-refractivity contribution in [1.29, 1.82) is 0 Å². The van der Waals surface area contributed by atoms with E-state index < -0.39 is 17.9 Å². The fourth-order valence-electron chi connectivity index (χ4n) is 2.24. The van der Waals surface area contributed by atoms with Crippen LogP contribution >= 0.6 is 0 Å². The Morgan fingerprint density at radius 1 is 1.29 bits per heavy atom. The number of esters is 1. The molecule has 1 aliphatic carbocycles. The van der Waals surface area contributed by atoms with Crippen LogP contribution in [0.3, 0.4) is 0 Å². The molecule has 0 amide bonds. The zero-order chi connectivity index (χ0) is 15.5. The molecule has 1 saturated carbocycles. The molecule has 0 saturated heterocycles. The van der Waals surface area contributed by atoms with E-state index in [4.69, 9.17) is 4.74 Å². The smallest absolute Gasteiger partial charge is 0.333 e. The predicted octanol–water partition coefficient (Wildman–Crippen LogP) is 1.28. The third-order valence-corrected chi connectivity index (χ3v) is 3.47. The van der Waals surface area contributed by atoms with Crippen molar-refractivity contribution in [2.45, 2.75) is 37.6 Å². The zero-order valence-corrected chi connectivity index (χ0v) is 11.4. The van der Waals surface area contributed by atoms with E-state index >= 15 is 0 Å². The normalized spacial score (nSPS) is 25.9. The van der Waals surface area contributed by atoms with Gasteiger partial charge < -0.3 is 25.2 Å². The van der Waals surface area contributed by atoms with Crippen molar-refractivity contribution in [2.75, 3.05) is 0 Å². The second-order valence-electron chi connectivity index (χ2n) is 5.11. The Kier molecular flexibility index (Phi) is 4.50. The Morgan fingerprint density at radius 2 is 2.05 bits per heavy atom. The number of carbonyl (C=O) groups excluding carboxylic acids is 1. The van der Waals surface area contributed by atoms with Crippen molar-refractivity contribution in [3.63, 3.8) is 0 Å². The zero-order valence-electron chi connectivity index (χ0n) is 11.4. The summed E-state index contributed by atoms with van der Waals surface area (Å²) in [6, 6.07) is 4.07. The molecule has 6 heteroatoms. The largest absolute Gasteiger partial charge is 0.504 e. The molecule has 2 atom stereocenters. The standard InChI is InChI=1S/C15H18O6/c16-11-6-4-10(9-12(11)17)5-7-14(19)21-15(20)8-2-1-3-13(15)18/h4-7,9,13,16-18,20H,1-3,8H2/b7-5+/t13-,15-/m0/s1. The van der Waals surface area contributed by atoms with Crippen LogP contribution in [0.5, 0.6) is 11.5 Å². The van der Waals surface area contributed by atoms with Crippen LogP contribution in [0.1, 0.15) is 31.2 Å². The number of ether oxygens (including phenoxy) is 1. The highest BCUT2D eigenvalue weighted by atomic mass is 16.7. The number of phenolic OH excluding ortho intramolecular Hbond substituents is 2. The Balaban J connectivity index is 2.00. The Hall–Kier alpha value is -2.05. The van der Waals surface area contributed by atoms with Gasteiger partial charge in [0, 0.05) is 12.5 Å². The molecule has 21 heavy (non-hydrogen) atoms. The number of carbonyl (C=O) groups is 1. The molecule has 114 valence electrons. The average molecular weight is 294 g/mol. The first-order valence-electron chi connectivity index (χ1n) is 6.74. The lowest BCUT2D eigenvalue weighted by Crippen LogP contribution is -2.48. The molecule has 0 aliphatic heterocycles. The molecule has 0 heterocycles. The van der Waals surface area contributed by atoms with Crippen LogP contribution in [-0.4, -0.2) is 38.3 Å². The number of aliphatic hydroxyl groups is 2. The number of aromatic hydroxyl groups is 2. The second-order valence-corrected chi connectivity index (χ2v) is 5.11. The fraction of sp³-hybridized carbons (Fsp3) is 0.400. The van der Waals surface area contributed by atoms with Gasteiger partial charge in [-0.15, -0.1) is 0 Å². The van der Waals surface area contributed by atoms with E-state index in [0.29, 0.717) is 18.4 Å². The fourth-order valence-corrected chi connectivity index (χ4v) is 2.24. The molecule has 6 nitrogen and oxygen atoms in total. The highest BCUT2D eigenvalue weighted by Gasteiger charge is 2.41. The van der Waals surface area contributed by atoms with Gasteiger partial charge in [-0.2, -0.15) is 0 Å². The van der Waals surface area contributed by atoms with Crippen molar-refractivity contribution in [3.05, 3.63) is 29.8 Å². The van der Waals surface area contributed by atoms with Crippen molar-refractivity contribution < 1.29 is 30.0 Å². The lowest BCUT2D eigenvalue weighted by molar-refractivity contribution is -0.255. The average Bonchev–Trinajstić information content (AvgIpc) is 2.44. The SMILES string of the molecule is O=C(/C=C/c1ccc(O)c(O)c1)O[C@@]1(O)CCCC[C@@H]1O. The van der Waals surface area contributed by atoms with E-state index in [1.165, 1.54) is 24.3 Å². The first-order valence-corrected chi connectivity index (χ1v) is 6.74. The molecule has 1 fully saturated rings. The van der Waals surface area contributed by atoms with Gasteiger partial charge in [0.15, 0.2) is 11.5 Å². The van der Waals surface area contributed by atoms with Crippen LogP contribution < -0.4 is 0 Å². The van der Waals surface area contributed by atoms with E-state index in [0.717, 1.165) is 12.5 Å². The van der Waals surface area contributed by atoms with Crippen molar-refractivity contribution >= 4 is 12.0 Å². The molecular formula is C15H18O6. The third-order valence-electron chi connectivity index (χ3n) is 3.47. The summed E-state index contributed by atoms with van der Waals surface area (Å²) in [6.45, 7) is 0. The summed E-state index contributed by atoms with van der Waals surface area (Å²) in [5.41, 5.74) is 0.485. The molecule has 2 rings (SSSR count). The molecule has 0 bridgehead atoms. The molecular weight excluding hydrogens is 276 g/mol. The molecule has 1 aromatic rings. The summed E-state index contributed by atoms with van der Waals surface area (Å²) in [5, 5.41) is 38.3. The molecule has 1 aliphatic rings. The van der Waals surface area contributed by atoms with Crippen molar-refractivity contribution in [2.24, 2.45) is 0 Å². The maximum atomic E-state index is 11.7. The molecule has 0 spiro atoms. The number of rotatable bonds is 3. The quantitative estimate of drug-likeness (QED) is 0.289. The van der Waals surface area contributed by atoms with Crippen LogP contribution in [0.25, 0.3) is 6.08 Å². The van der Waals surface area contributed by atoms with Crippen LogP contribution in [0.15, 0.2) is 24.3 Å². The highest BCUT2D eigenvalue weighted by Crippen LogP contribution is 2.30. The van der Waals surface area contributed by atoms with E-state index in [-0.39, 0.29) is 17.9 Å². The molecule has 0 aromatic heterocycles. The number of hydrogen-bond donors (Lipinski definition) is 4. The van der Waals surface area contributed by atoms with Crippen LogP contribution in [0.2, 0.25) is 0 Å². The first-order chi connectivity index (χ1) is 9.90. The summed E-state index contributed by atoms with van der Waals surface area (Å²) < 4.78 is 4.93. The summed E-state index contributed by atoms with van der Waals surface area (Å²) >= 11 is 0. The third kappa shape index (κ3) is 3.74. The van der Waals surface area contributed by atoms with Crippen LogP contribution in [0.4, 0.5) is 0 Å². The predicted molar refractivity (Wildman–Crippen MR) is 74.3 cm³/mol. The van der Waals surface area contributed by atoms with Gasteiger partial charge in [0.1, 0.15) is 6.10 Å². The van der Waals surface area contributed by atoms with Gasteiger partial charge in [-0.25, -0.2) is 4.79 Å². The minimum absolute atomic E-state index is 0.202. The summed E-state index contributed by atoms with van der Waals surface area (Å²) in [7, 11) is 0. The summed E-state index contributed by atoms with van der Waals surface area (Å²) in [5.74, 6) is -3.18. The first kappa shape index (κ1) is 15.3. The molecule has 0 unspecified atom stereocenters. The van der Waals surface area contributed by atoms with Crippen molar-refractivity contribution in [3.8, 4) is 11.5 Å². The maximum absolute atomic E-state index is 11.7. The number of phenols is 2. The number of benzene rings is 1. The summed E-state index contributed by atoms with van der Waals surface area (Å²) in [6.07, 6.45) is 3.43. The minimum Gasteiger partial charge on any atom is -0.504 e. The second kappa shape index (κ2) is 6.15. The van der Waals surface area contributed by atoms with E-state index in [1.807, 2.05) is 0 Å². The molecule has 1 aromatic carbocycles. The maximum Gasteiger partial charge on any atom is 0.333 e.